The lowest BCUT2D eigenvalue weighted by atomic mass is 10.0. The van der Waals surface area contributed by atoms with E-state index < -0.39 is 10.7 Å². The number of furan rings is 1. The van der Waals surface area contributed by atoms with Crippen LogP contribution in [0.1, 0.15) is 16.1 Å². The predicted octanol–water partition coefficient (Wildman–Crippen LogP) is 6.17. The van der Waals surface area contributed by atoms with Gasteiger partial charge in [0.15, 0.2) is 0 Å². The van der Waals surface area contributed by atoms with Crippen molar-refractivity contribution in [3.05, 3.63) is 90.6 Å². The monoisotopic (exact) mass is 500 g/mol. The van der Waals surface area contributed by atoms with Crippen molar-refractivity contribution in [1.29, 1.82) is 5.26 Å². The Morgan fingerprint density at radius 2 is 1.93 bits per heavy atom. The van der Waals surface area contributed by atoms with E-state index in [1.807, 2.05) is 24.3 Å². The molecule has 0 bridgehead atoms. The SMILES string of the molecule is N#C/C(=C/c1ccc(-c2cc(Br)ccc2Br)o1)C(=O)c1cccc([N+](=O)[O-])c1. The number of carbonyl (C=O) groups excluding carboxylic acids is 1. The molecule has 1 aromatic heterocycles. The van der Waals surface area contributed by atoms with E-state index in [9.17, 15) is 20.2 Å². The summed E-state index contributed by atoms with van der Waals surface area (Å²) in [4.78, 5) is 22.9. The van der Waals surface area contributed by atoms with Crippen LogP contribution < -0.4 is 0 Å². The molecule has 0 amide bonds. The highest BCUT2D eigenvalue weighted by atomic mass is 79.9. The number of benzene rings is 2. The van der Waals surface area contributed by atoms with Crippen LogP contribution in [-0.4, -0.2) is 10.7 Å². The first-order chi connectivity index (χ1) is 13.4. The average molecular weight is 502 g/mol. The van der Waals surface area contributed by atoms with E-state index in [1.165, 1.54) is 24.3 Å². The number of halogens is 2. The zero-order valence-corrected chi connectivity index (χ0v) is 17.2. The van der Waals surface area contributed by atoms with Crippen molar-refractivity contribution in [2.45, 2.75) is 0 Å². The Labute approximate surface area is 176 Å². The van der Waals surface area contributed by atoms with Gasteiger partial charge in [-0.25, -0.2) is 0 Å². The molecule has 3 aromatic rings. The Morgan fingerprint density at radius 1 is 1.14 bits per heavy atom. The standard InChI is InChI=1S/C20H10Br2N2O4/c21-14-4-6-18(22)17(10-14)19-7-5-16(28-19)9-13(11-23)20(25)12-2-1-3-15(8-12)24(26)27/h1-10H/b13-9-. The van der Waals surface area contributed by atoms with Gasteiger partial charge >= 0.3 is 0 Å². The molecule has 3 rings (SSSR count). The zero-order valence-electron chi connectivity index (χ0n) is 14.1. The molecular formula is C20H10Br2N2O4. The van der Waals surface area contributed by atoms with Crippen LogP contribution in [0.5, 0.6) is 0 Å². The van der Waals surface area contributed by atoms with Gasteiger partial charge in [-0.05, 0) is 30.3 Å². The summed E-state index contributed by atoms with van der Waals surface area (Å²) in [5.41, 5.74) is 0.457. The minimum Gasteiger partial charge on any atom is -0.457 e. The molecule has 0 saturated heterocycles. The van der Waals surface area contributed by atoms with E-state index in [0.29, 0.717) is 11.5 Å². The Bertz CT molecular complexity index is 1160. The van der Waals surface area contributed by atoms with Crippen molar-refractivity contribution in [1.82, 2.24) is 0 Å². The molecule has 6 nitrogen and oxygen atoms in total. The second kappa shape index (κ2) is 8.33. The fourth-order valence-electron chi connectivity index (χ4n) is 2.47. The molecule has 0 saturated carbocycles. The van der Waals surface area contributed by atoms with Gasteiger partial charge in [0.1, 0.15) is 23.2 Å². The second-order valence-corrected chi connectivity index (χ2v) is 7.40. The van der Waals surface area contributed by atoms with Gasteiger partial charge in [-0.15, -0.1) is 0 Å². The number of ketones is 1. The average Bonchev–Trinajstić information content (AvgIpc) is 3.16. The Balaban J connectivity index is 1.94. The molecule has 0 radical (unpaired) electrons. The number of nitro groups is 1. The summed E-state index contributed by atoms with van der Waals surface area (Å²) in [7, 11) is 0. The van der Waals surface area contributed by atoms with E-state index in [2.05, 4.69) is 31.9 Å². The smallest absolute Gasteiger partial charge is 0.270 e. The van der Waals surface area contributed by atoms with Crippen molar-refractivity contribution >= 4 is 49.4 Å². The fraction of sp³-hybridized carbons (Fsp3) is 0. The number of non-ortho nitro benzene ring substituents is 1. The maximum absolute atomic E-state index is 12.6. The van der Waals surface area contributed by atoms with Crippen LogP contribution in [0.15, 0.2) is 73.5 Å². The van der Waals surface area contributed by atoms with Crippen LogP contribution in [0.2, 0.25) is 0 Å². The van der Waals surface area contributed by atoms with Gasteiger partial charge in [-0.3, -0.25) is 14.9 Å². The molecule has 2 aromatic carbocycles. The topological polar surface area (TPSA) is 97.1 Å². The first kappa shape index (κ1) is 19.7. The molecule has 0 N–H and O–H groups in total. The number of hydrogen-bond donors (Lipinski definition) is 0. The molecular weight excluding hydrogens is 492 g/mol. The summed E-state index contributed by atoms with van der Waals surface area (Å²) in [6, 6.07) is 16.1. The minimum absolute atomic E-state index is 0.0588. The van der Waals surface area contributed by atoms with Crippen molar-refractivity contribution in [2.24, 2.45) is 0 Å². The summed E-state index contributed by atoms with van der Waals surface area (Å²) in [5, 5.41) is 20.3. The van der Waals surface area contributed by atoms with Gasteiger partial charge in [-0.2, -0.15) is 5.26 Å². The summed E-state index contributed by atoms with van der Waals surface area (Å²) in [5.74, 6) is 0.254. The highest BCUT2D eigenvalue weighted by molar-refractivity contribution is 9.11. The highest BCUT2D eigenvalue weighted by Crippen LogP contribution is 2.32. The van der Waals surface area contributed by atoms with Crippen molar-refractivity contribution in [2.75, 3.05) is 0 Å². The van der Waals surface area contributed by atoms with Gasteiger partial charge in [0.25, 0.3) is 5.69 Å². The van der Waals surface area contributed by atoms with Crippen molar-refractivity contribution in [3.8, 4) is 17.4 Å². The molecule has 0 fully saturated rings. The highest BCUT2D eigenvalue weighted by Gasteiger charge is 2.17. The number of Topliss-reactive ketones (excluding diaryl/α,β-unsaturated/α-hetero) is 1. The fourth-order valence-corrected chi connectivity index (χ4v) is 3.27. The molecule has 0 aliphatic heterocycles. The summed E-state index contributed by atoms with van der Waals surface area (Å²) in [6.07, 6.45) is 1.32. The van der Waals surface area contributed by atoms with E-state index in [0.717, 1.165) is 20.6 Å². The third-order valence-corrected chi connectivity index (χ3v) is 4.98. The zero-order chi connectivity index (χ0) is 20.3. The molecule has 0 aliphatic rings. The van der Waals surface area contributed by atoms with Gasteiger partial charge in [0.2, 0.25) is 5.78 Å². The summed E-state index contributed by atoms with van der Waals surface area (Å²) < 4.78 is 7.45. The maximum Gasteiger partial charge on any atom is 0.270 e. The Hall–Kier alpha value is -3.02. The quantitative estimate of drug-likeness (QED) is 0.137. The lowest BCUT2D eigenvalue weighted by Crippen LogP contribution is -2.02. The van der Waals surface area contributed by atoms with Gasteiger partial charge in [0.05, 0.1) is 4.92 Å². The molecule has 1 heterocycles. The van der Waals surface area contributed by atoms with Crippen molar-refractivity contribution < 1.29 is 14.1 Å². The van der Waals surface area contributed by atoms with Gasteiger partial charge < -0.3 is 4.42 Å². The largest absolute Gasteiger partial charge is 0.457 e. The Kier molecular flexibility index (Phi) is 5.87. The summed E-state index contributed by atoms with van der Waals surface area (Å²) >= 11 is 6.86. The Morgan fingerprint density at radius 3 is 2.64 bits per heavy atom. The molecule has 0 unspecified atom stereocenters. The van der Waals surface area contributed by atoms with Crippen LogP contribution in [0.3, 0.4) is 0 Å². The number of allylic oxidation sites excluding steroid dienone is 1. The van der Waals surface area contributed by atoms with E-state index in [1.54, 1.807) is 12.1 Å². The number of nitro benzene ring substituents is 1. The van der Waals surface area contributed by atoms with Gasteiger partial charge in [-0.1, -0.05) is 44.0 Å². The molecule has 28 heavy (non-hydrogen) atoms. The third kappa shape index (κ3) is 4.27. The maximum atomic E-state index is 12.6. The lowest BCUT2D eigenvalue weighted by molar-refractivity contribution is -0.384. The van der Waals surface area contributed by atoms with E-state index in [4.69, 9.17) is 4.42 Å². The number of carbonyl (C=O) groups is 1. The lowest BCUT2D eigenvalue weighted by Gasteiger charge is -2.02. The molecule has 0 aliphatic carbocycles. The second-order valence-electron chi connectivity index (χ2n) is 5.63. The van der Waals surface area contributed by atoms with Crippen LogP contribution in [-0.2, 0) is 0 Å². The number of rotatable bonds is 5. The molecule has 8 heteroatoms. The summed E-state index contributed by atoms with van der Waals surface area (Å²) in [6.45, 7) is 0. The van der Waals surface area contributed by atoms with Crippen molar-refractivity contribution in [3.63, 3.8) is 0 Å². The van der Waals surface area contributed by atoms with Crippen LogP contribution >= 0.6 is 31.9 Å². The van der Waals surface area contributed by atoms with Crippen LogP contribution in [0.25, 0.3) is 17.4 Å². The first-order valence-corrected chi connectivity index (χ1v) is 9.44. The normalized spacial score (nSPS) is 11.1. The van der Waals surface area contributed by atoms with E-state index in [-0.39, 0.29) is 16.8 Å². The number of hydrogen-bond acceptors (Lipinski definition) is 5. The first-order valence-electron chi connectivity index (χ1n) is 7.85. The number of nitrogens with zero attached hydrogens (tertiary/aromatic N) is 2. The minimum atomic E-state index is -0.618. The van der Waals surface area contributed by atoms with Gasteiger partial charge in [0, 0.05) is 38.3 Å². The number of nitriles is 1. The molecule has 138 valence electrons. The van der Waals surface area contributed by atoms with E-state index >= 15 is 0 Å². The van der Waals surface area contributed by atoms with Crippen LogP contribution in [0, 0.1) is 21.4 Å². The molecule has 0 atom stereocenters. The predicted molar refractivity (Wildman–Crippen MR) is 111 cm³/mol. The third-order valence-electron chi connectivity index (χ3n) is 3.79. The van der Waals surface area contributed by atoms with Crippen LogP contribution in [0.4, 0.5) is 5.69 Å². The molecule has 0 spiro atoms.